The fourth-order valence-corrected chi connectivity index (χ4v) is 13.4. The Morgan fingerprint density at radius 3 is 2.41 bits per heavy atom. The van der Waals surface area contributed by atoms with E-state index in [9.17, 15) is 15.0 Å². The molecule has 0 aromatic rings. The minimum absolute atomic E-state index is 0.0409. The van der Waals surface area contributed by atoms with Gasteiger partial charge in [0.25, 0.3) is 0 Å². The second-order valence-corrected chi connectivity index (χ2v) is 17.9. The molecule has 0 amide bonds. The highest BCUT2D eigenvalue weighted by atomic mass is 16.7. The Hall–Kier alpha value is -0.770. The standard InChI is InChI=1S/C36H59NO7/c1-20-17-22(30(32(5,6)40)42-21(2)38)43-28-27(20)33(7)13-14-36-19-35(36)12-11-25(44-26-18-37-15-16-41-26)31(3,4)23(35)9-10-24(36)34(33,8)29(28)39/h20,22-30,37,39-40H,9-19H2,1-8H3/t20-,22-,23+,24+,25+,26+,27+,28+,29+,30+,33-,34-,35-,36?/m1/s1. The summed E-state index contributed by atoms with van der Waals surface area (Å²) in [6.45, 7) is 19.2. The molecular weight excluding hydrogens is 558 g/mol. The topological polar surface area (TPSA) is 106 Å². The molecular formula is C36H59NO7. The summed E-state index contributed by atoms with van der Waals surface area (Å²) >= 11 is 0. The third-order valence-corrected chi connectivity index (χ3v) is 15.3. The molecule has 5 saturated carbocycles. The van der Waals surface area contributed by atoms with Crippen LogP contribution in [0.25, 0.3) is 0 Å². The van der Waals surface area contributed by atoms with Gasteiger partial charge in [-0.15, -0.1) is 0 Å². The van der Waals surface area contributed by atoms with Crippen molar-refractivity contribution < 1.29 is 34.0 Å². The molecule has 1 unspecified atom stereocenters. The van der Waals surface area contributed by atoms with Crippen LogP contribution in [-0.4, -0.2) is 78.3 Å². The van der Waals surface area contributed by atoms with Gasteiger partial charge in [0.05, 0.1) is 36.6 Å². The van der Waals surface area contributed by atoms with Crippen molar-refractivity contribution in [3.63, 3.8) is 0 Å². The van der Waals surface area contributed by atoms with Gasteiger partial charge in [-0.1, -0.05) is 34.6 Å². The van der Waals surface area contributed by atoms with Crippen molar-refractivity contribution in [2.45, 2.75) is 149 Å². The average molecular weight is 618 g/mol. The van der Waals surface area contributed by atoms with E-state index in [1.165, 1.54) is 32.6 Å². The molecule has 5 aliphatic carbocycles. The zero-order chi connectivity index (χ0) is 31.7. The summed E-state index contributed by atoms with van der Waals surface area (Å²) in [4.78, 5) is 12.0. The number of nitrogens with one attached hydrogen (secondary N) is 1. The summed E-state index contributed by atoms with van der Waals surface area (Å²) in [5, 5.41) is 26.9. The predicted molar refractivity (Wildman–Crippen MR) is 165 cm³/mol. The number of ether oxygens (including phenoxy) is 4. The van der Waals surface area contributed by atoms with E-state index >= 15 is 0 Å². The largest absolute Gasteiger partial charge is 0.457 e. The highest BCUT2D eigenvalue weighted by Gasteiger charge is 2.84. The molecule has 2 heterocycles. The van der Waals surface area contributed by atoms with Crippen LogP contribution in [-0.2, 0) is 23.7 Å². The lowest BCUT2D eigenvalue weighted by atomic mass is 9.41. The van der Waals surface area contributed by atoms with Gasteiger partial charge in [-0.3, -0.25) is 4.79 Å². The van der Waals surface area contributed by atoms with E-state index in [0.717, 1.165) is 32.4 Å². The molecule has 44 heavy (non-hydrogen) atoms. The summed E-state index contributed by atoms with van der Waals surface area (Å²) < 4.78 is 25.2. The van der Waals surface area contributed by atoms with E-state index < -0.39 is 29.9 Å². The highest BCUT2D eigenvalue weighted by Crippen LogP contribution is 2.89. The monoisotopic (exact) mass is 617 g/mol. The van der Waals surface area contributed by atoms with Gasteiger partial charge in [0, 0.05) is 25.4 Å². The van der Waals surface area contributed by atoms with E-state index in [-0.39, 0.29) is 52.0 Å². The van der Waals surface area contributed by atoms with Crippen LogP contribution in [0.4, 0.5) is 0 Å². The number of carbonyl (C=O) groups excluding carboxylic acids is 1. The number of carbonyl (C=O) groups is 1. The van der Waals surface area contributed by atoms with Crippen LogP contribution in [0, 0.1) is 50.7 Å². The van der Waals surface area contributed by atoms with E-state index in [0.29, 0.717) is 30.3 Å². The molecule has 8 heteroatoms. The Kier molecular flexibility index (Phi) is 7.32. The van der Waals surface area contributed by atoms with Crippen molar-refractivity contribution >= 4 is 5.97 Å². The first-order valence-electron chi connectivity index (χ1n) is 17.7. The predicted octanol–water partition coefficient (Wildman–Crippen LogP) is 4.83. The maximum Gasteiger partial charge on any atom is 0.303 e. The summed E-state index contributed by atoms with van der Waals surface area (Å²) in [5.41, 5.74) is -0.862. The number of aliphatic hydroxyl groups is 2. The van der Waals surface area contributed by atoms with Crippen molar-refractivity contribution in [3.8, 4) is 0 Å². The third-order valence-electron chi connectivity index (χ3n) is 15.3. The number of hydrogen-bond donors (Lipinski definition) is 3. The van der Waals surface area contributed by atoms with Gasteiger partial charge in [-0.2, -0.15) is 0 Å². The molecule has 7 aliphatic rings. The van der Waals surface area contributed by atoms with E-state index in [1.807, 2.05) is 0 Å². The fourth-order valence-electron chi connectivity index (χ4n) is 13.4. The zero-order valence-corrected chi connectivity index (χ0v) is 28.5. The summed E-state index contributed by atoms with van der Waals surface area (Å²) in [7, 11) is 0. The molecule has 2 saturated heterocycles. The molecule has 250 valence electrons. The summed E-state index contributed by atoms with van der Waals surface area (Å²) in [6.07, 6.45) is 6.87. The molecule has 0 radical (unpaired) electrons. The van der Waals surface area contributed by atoms with Crippen molar-refractivity contribution in [2.75, 3.05) is 19.7 Å². The smallest absolute Gasteiger partial charge is 0.303 e. The van der Waals surface area contributed by atoms with E-state index in [4.69, 9.17) is 18.9 Å². The van der Waals surface area contributed by atoms with Crippen LogP contribution in [0.3, 0.4) is 0 Å². The minimum atomic E-state index is -1.25. The first-order valence-corrected chi connectivity index (χ1v) is 17.7. The normalized spacial score (nSPS) is 53.3. The average Bonchev–Trinajstić information content (AvgIpc) is 3.58. The van der Waals surface area contributed by atoms with Gasteiger partial charge < -0.3 is 34.5 Å². The van der Waals surface area contributed by atoms with E-state index in [2.05, 4.69) is 39.9 Å². The zero-order valence-electron chi connectivity index (χ0n) is 28.5. The number of fused-ring (bicyclic) bond motifs is 4. The molecule has 3 N–H and O–H groups in total. The quantitative estimate of drug-likeness (QED) is 0.377. The number of morpholine rings is 1. The van der Waals surface area contributed by atoms with Crippen molar-refractivity contribution in [2.24, 2.45) is 50.7 Å². The minimum Gasteiger partial charge on any atom is -0.457 e. The van der Waals surface area contributed by atoms with E-state index in [1.54, 1.807) is 13.8 Å². The second-order valence-electron chi connectivity index (χ2n) is 17.9. The Bertz CT molecular complexity index is 1150. The summed E-state index contributed by atoms with van der Waals surface area (Å²) in [5.74, 6) is 1.16. The molecule has 14 atom stereocenters. The molecule has 8 nitrogen and oxygen atoms in total. The molecule has 0 aromatic heterocycles. The van der Waals surface area contributed by atoms with Gasteiger partial charge in [-0.25, -0.2) is 0 Å². The van der Waals surface area contributed by atoms with Crippen molar-refractivity contribution in [1.29, 1.82) is 0 Å². The molecule has 2 spiro atoms. The molecule has 0 aromatic carbocycles. The van der Waals surface area contributed by atoms with Crippen LogP contribution < -0.4 is 5.32 Å². The van der Waals surface area contributed by atoms with Crippen molar-refractivity contribution in [1.82, 2.24) is 5.32 Å². The number of esters is 1. The van der Waals surface area contributed by atoms with Crippen LogP contribution in [0.1, 0.15) is 107 Å². The molecule has 0 bridgehead atoms. The first kappa shape index (κ1) is 31.8. The lowest BCUT2D eigenvalue weighted by Gasteiger charge is -2.64. The molecule has 7 fully saturated rings. The lowest BCUT2D eigenvalue weighted by Crippen LogP contribution is -2.60. The van der Waals surface area contributed by atoms with Gasteiger partial charge in [-0.05, 0) is 111 Å². The number of aliphatic hydroxyl groups excluding tert-OH is 1. The van der Waals surface area contributed by atoms with Crippen LogP contribution >= 0.6 is 0 Å². The number of rotatable bonds is 5. The fraction of sp³-hybridized carbons (Fsp3) is 0.972. The Morgan fingerprint density at radius 2 is 1.75 bits per heavy atom. The maximum atomic E-state index is 12.5. The van der Waals surface area contributed by atoms with Crippen molar-refractivity contribution in [3.05, 3.63) is 0 Å². The first-order chi connectivity index (χ1) is 20.5. The SMILES string of the molecule is CC(=O)O[C@@H]([C@H]1C[C@@H](C)[C@H]2[C@H](O1)[C@H](O)[C@@]1(C)[C@@H]3CC[C@H]4C(C)(C)[C@@H](O[C@H]5CNCCO5)CC[C@@]45CC35CC[C@]21C)C(C)(C)O. The highest BCUT2D eigenvalue weighted by molar-refractivity contribution is 5.66. The number of hydrogen-bond acceptors (Lipinski definition) is 8. The molecule has 7 rings (SSSR count). The third kappa shape index (κ3) is 4.12. The van der Waals surface area contributed by atoms with Gasteiger partial charge in [0.2, 0.25) is 0 Å². The Labute approximate surface area is 264 Å². The summed E-state index contributed by atoms with van der Waals surface area (Å²) in [6, 6.07) is 0. The van der Waals surface area contributed by atoms with Gasteiger partial charge in [0.15, 0.2) is 12.4 Å². The van der Waals surface area contributed by atoms with Crippen LogP contribution in [0.2, 0.25) is 0 Å². The van der Waals surface area contributed by atoms with Gasteiger partial charge in [0.1, 0.15) is 0 Å². The Morgan fingerprint density at radius 1 is 1.05 bits per heavy atom. The lowest BCUT2D eigenvalue weighted by molar-refractivity contribution is -0.237. The van der Waals surface area contributed by atoms with Gasteiger partial charge >= 0.3 is 5.97 Å². The van der Waals surface area contributed by atoms with Crippen LogP contribution in [0.5, 0.6) is 0 Å². The molecule has 2 aliphatic heterocycles. The Balaban J connectivity index is 1.16. The second kappa shape index (κ2) is 10.1. The van der Waals surface area contributed by atoms with Crippen LogP contribution in [0.15, 0.2) is 0 Å². The maximum absolute atomic E-state index is 12.5.